The summed E-state index contributed by atoms with van der Waals surface area (Å²) < 4.78 is 38.9. The van der Waals surface area contributed by atoms with Gasteiger partial charge in [-0.25, -0.2) is 4.98 Å². The van der Waals surface area contributed by atoms with Crippen LogP contribution >= 0.6 is 15.9 Å². The van der Waals surface area contributed by atoms with Crippen LogP contribution in [0.1, 0.15) is 12.5 Å². The maximum atomic E-state index is 12.9. The molecule has 1 aromatic carbocycles. The second kappa shape index (κ2) is 8.75. The Morgan fingerprint density at radius 2 is 1.83 bits per heavy atom. The van der Waals surface area contributed by atoms with Crippen molar-refractivity contribution >= 4 is 33.4 Å². The van der Waals surface area contributed by atoms with Crippen molar-refractivity contribution in [1.29, 1.82) is 0 Å². The lowest BCUT2D eigenvalue weighted by Crippen LogP contribution is -2.21. The van der Waals surface area contributed by atoms with E-state index >= 15 is 0 Å². The molecule has 29 heavy (non-hydrogen) atoms. The van der Waals surface area contributed by atoms with Gasteiger partial charge in [0.25, 0.3) is 0 Å². The minimum absolute atomic E-state index is 0.115. The molecule has 2 heterocycles. The molecule has 0 unspecified atom stereocenters. The summed E-state index contributed by atoms with van der Waals surface area (Å²) in [6.07, 6.45) is -1.18. The van der Waals surface area contributed by atoms with Gasteiger partial charge < -0.3 is 15.7 Å². The van der Waals surface area contributed by atoms with E-state index in [4.69, 9.17) is 0 Å². The first kappa shape index (κ1) is 21.0. The number of hydrogen-bond donors (Lipinski definition) is 3. The average Bonchev–Trinajstić information content (AvgIpc) is 2.69. The number of hydrogen-bond acceptors (Lipinski definition) is 6. The summed E-state index contributed by atoms with van der Waals surface area (Å²) in [6.45, 7) is 1.65. The van der Waals surface area contributed by atoms with Gasteiger partial charge in [-0.2, -0.15) is 18.2 Å². The molecule has 0 amide bonds. The Hall–Kier alpha value is -2.72. The highest BCUT2D eigenvalue weighted by Gasteiger charge is 2.30. The molecule has 0 spiro atoms. The van der Waals surface area contributed by atoms with Crippen LogP contribution in [0.2, 0.25) is 0 Å². The van der Waals surface area contributed by atoms with E-state index in [1.165, 1.54) is 6.07 Å². The second-order valence-corrected chi connectivity index (χ2v) is 7.10. The van der Waals surface area contributed by atoms with Crippen LogP contribution in [0.5, 0.6) is 0 Å². The second-order valence-electron chi connectivity index (χ2n) is 6.24. The third-order valence-electron chi connectivity index (χ3n) is 3.91. The van der Waals surface area contributed by atoms with Gasteiger partial charge in [-0.15, -0.1) is 0 Å². The van der Waals surface area contributed by atoms with Gasteiger partial charge >= 0.3 is 6.18 Å². The molecule has 152 valence electrons. The van der Waals surface area contributed by atoms with Crippen molar-refractivity contribution in [2.45, 2.75) is 19.1 Å². The van der Waals surface area contributed by atoms with Crippen LogP contribution < -0.4 is 10.6 Å². The van der Waals surface area contributed by atoms with Crippen molar-refractivity contribution in [2.24, 2.45) is 0 Å². The Bertz CT molecular complexity index is 985. The minimum Gasteiger partial charge on any atom is -0.394 e. The number of nitrogens with zero attached hydrogens (tertiary/aromatic N) is 3. The molecule has 3 N–H and O–H groups in total. The van der Waals surface area contributed by atoms with E-state index in [2.05, 4.69) is 41.5 Å². The van der Waals surface area contributed by atoms with Crippen molar-refractivity contribution < 1.29 is 18.3 Å². The lowest BCUT2D eigenvalue weighted by Gasteiger charge is -2.15. The van der Waals surface area contributed by atoms with Crippen LogP contribution in [0.25, 0.3) is 11.3 Å². The van der Waals surface area contributed by atoms with Gasteiger partial charge in [0.05, 0.1) is 23.6 Å². The van der Waals surface area contributed by atoms with Gasteiger partial charge in [-0.1, -0.05) is 0 Å². The van der Waals surface area contributed by atoms with Crippen molar-refractivity contribution in [3.05, 3.63) is 58.8 Å². The van der Waals surface area contributed by atoms with Gasteiger partial charge in [0, 0.05) is 34.5 Å². The first-order valence-corrected chi connectivity index (χ1v) is 9.36. The summed E-state index contributed by atoms with van der Waals surface area (Å²) in [5.74, 6) is 0.645. The third kappa shape index (κ3) is 5.42. The molecule has 0 aliphatic carbocycles. The maximum absolute atomic E-state index is 12.9. The van der Waals surface area contributed by atoms with Crippen LogP contribution in [0.3, 0.4) is 0 Å². The van der Waals surface area contributed by atoms with Crippen molar-refractivity contribution in [1.82, 2.24) is 15.0 Å². The van der Waals surface area contributed by atoms with Gasteiger partial charge in [-0.05, 0) is 53.2 Å². The Balaban J connectivity index is 1.97. The van der Waals surface area contributed by atoms with Gasteiger partial charge in [0.2, 0.25) is 5.95 Å². The molecule has 0 aliphatic rings. The topological polar surface area (TPSA) is 83.0 Å². The first-order valence-electron chi connectivity index (χ1n) is 8.57. The fourth-order valence-electron chi connectivity index (χ4n) is 2.44. The van der Waals surface area contributed by atoms with Crippen molar-refractivity contribution in [3.63, 3.8) is 0 Å². The highest BCUT2D eigenvalue weighted by molar-refractivity contribution is 9.10. The quantitative estimate of drug-likeness (QED) is 0.480. The number of aromatic nitrogens is 3. The number of nitrogens with one attached hydrogen (secondary N) is 2. The normalized spacial score (nSPS) is 12.5. The number of rotatable bonds is 6. The molecule has 3 rings (SSSR count). The molecule has 6 nitrogen and oxygen atoms in total. The monoisotopic (exact) mass is 467 g/mol. The molecule has 0 fully saturated rings. The summed E-state index contributed by atoms with van der Waals surface area (Å²) in [6, 6.07) is 8.26. The molecule has 1 atom stereocenters. The predicted molar refractivity (Wildman–Crippen MR) is 108 cm³/mol. The molecule has 0 saturated heterocycles. The van der Waals surface area contributed by atoms with Crippen LogP contribution in [0.4, 0.5) is 30.6 Å². The summed E-state index contributed by atoms with van der Waals surface area (Å²) in [5, 5.41) is 15.3. The van der Waals surface area contributed by atoms with E-state index in [1.807, 2.05) is 0 Å². The van der Waals surface area contributed by atoms with E-state index in [0.717, 1.165) is 17.7 Å². The Labute approximate surface area is 173 Å². The molecule has 3 aromatic rings. The summed E-state index contributed by atoms with van der Waals surface area (Å²) in [5.41, 5.74) is 1.03. The number of aliphatic hydroxyl groups is 1. The van der Waals surface area contributed by atoms with Crippen LogP contribution in [0.15, 0.2) is 53.3 Å². The molecule has 10 heteroatoms. The summed E-state index contributed by atoms with van der Waals surface area (Å²) in [7, 11) is 0. The van der Waals surface area contributed by atoms with Gasteiger partial charge in [-0.3, -0.25) is 4.98 Å². The largest absolute Gasteiger partial charge is 0.416 e. The van der Waals surface area contributed by atoms with Crippen molar-refractivity contribution in [3.8, 4) is 11.3 Å². The van der Waals surface area contributed by atoms with E-state index < -0.39 is 11.7 Å². The number of alkyl halides is 3. The number of aliphatic hydroxyl groups excluding tert-OH is 1. The Kier molecular flexibility index (Phi) is 6.33. The molecule has 0 saturated carbocycles. The zero-order chi connectivity index (χ0) is 21.0. The number of pyridine rings is 1. The van der Waals surface area contributed by atoms with Gasteiger partial charge in [0.1, 0.15) is 5.82 Å². The molecular formula is C19H17BrF3N5O. The smallest absolute Gasteiger partial charge is 0.394 e. The molecule has 0 aliphatic heterocycles. The van der Waals surface area contributed by atoms with E-state index in [1.54, 1.807) is 37.5 Å². The molecular weight excluding hydrogens is 451 g/mol. The lowest BCUT2D eigenvalue weighted by molar-refractivity contribution is -0.137. The highest BCUT2D eigenvalue weighted by atomic mass is 79.9. The van der Waals surface area contributed by atoms with Crippen molar-refractivity contribution in [2.75, 3.05) is 17.2 Å². The van der Waals surface area contributed by atoms with Crippen LogP contribution in [0, 0.1) is 0 Å². The molecule has 0 bridgehead atoms. The summed E-state index contributed by atoms with van der Waals surface area (Å²) in [4.78, 5) is 12.8. The van der Waals surface area contributed by atoms with Crippen LogP contribution in [-0.4, -0.2) is 32.7 Å². The molecule has 2 aromatic heterocycles. The fraction of sp³-hybridized carbons (Fsp3) is 0.211. The standard InChI is InChI=1S/C19H17BrF3N5O/c1-11(10-29)25-18-27-16(12-4-6-24-7-5-12)9-17(28-18)26-15-3-2-13(8-14(15)20)19(21,22)23/h2-9,11,29H,10H2,1H3,(H2,25,26,27,28)/t11-/m0/s1. The first-order chi connectivity index (χ1) is 13.8. The van der Waals surface area contributed by atoms with E-state index in [-0.39, 0.29) is 23.1 Å². The van der Waals surface area contributed by atoms with E-state index in [9.17, 15) is 18.3 Å². The average molecular weight is 468 g/mol. The van der Waals surface area contributed by atoms with Crippen LogP contribution in [-0.2, 0) is 6.18 Å². The van der Waals surface area contributed by atoms with E-state index in [0.29, 0.717) is 17.2 Å². The lowest BCUT2D eigenvalue weighted by atomic mass is 10.2. The SMILES string of the molecule is C[C@@H](CO)Nc1nc(Nc2ccc(C(F)(F)F)cc2Br)cc(-c2ccncc2)n1. The zero-order valence-electron chi connectivity index (χ0n) is 15.2. The number of anilines is 3. The fourth-order valence-corrected chi connectivity index (χ4v) is 2.92. The molecule has 0 radical (unpaired) electrons. The maximum Gasteiger partial charge on any atom is 0.416 e. The third-order valence-corrected chi connectivity index (χ3v) is 4.57. The minimum atomic E-state index is -4.43. The number of benzene rings is 1. The Morgan fingerprint density at radius 3 is 2.45 bits per heavy atom. The Morgan fingerprint density at radius 1 is 1.10 bits per heavy atom. The number of halogens is 4. The predicted octanol–water partition coefficient (Wildman–Crippen LogP) is 4.86. The van der Waals surface area contributed by atoms with Gasteiger partial charge in [0.15, 0.2) is 0 Å². The highest BCUT2D eigenvalue weighted by Crippen LogP contribution is 2.35. The summed E-state index contributed by atoms with van der Waals surface area (Å²) >= 11 is 3.17. The zero-order valence-corrected chi connectivity index (χ0v) is 16.8.